The van der Waals surface area contributed by atoms with Gasteiger partial charge < -0.3 is 30.4 Å². The fourth-order valence-corrected chi connectivity index (χ4v) is 12.3. The normalized spacial score (nSPS) is 17.5. The van der Waals surface area contributed by atoms with E-state index in [-0.39, 0.29) is 100 Å². The van der Waals surface area contributed by atoms with Crippen LogP contribution in [0.25, 0.3) is 62.0 Å². The molecule has 10 rings (SSSR count). The van der Waals surface area contributed by atoms with Crippen molar-refractivity contribution in [2.24, 2.45) is 0 Å². The molecule has 4 atom stereocenters. The van der Waals surface area contributed by atoms with Gasteiger partial charge in [-0.25, -0.2) is 66.2 Å². The number of hydrogen-bond donors (Lipinski definition) is 2. The molecule has 24 heteroatoms. The predicted octanol–water partition coefficient (Wildman–Crippen LogP) is 9.88. The van der Waals surface area contributed by atoms with Crippen molar-refractivity contribution in [3.8, 4) is 39.6 Å². The highest BCUT2D eigenvalue weighted by molar-refractivity contribution is 5.95. The van der Waals surface area contributed by atoms with E-state index in [2.05, 4.69) is 31.5 Å². The number of piperazine rings is 2. The summed E-state index contributed by atoms with van der Waals surface area (Å²) in [6.07, 6.45) is 5.46. The van der Waals surface area contributed by atoms with Crippen LogP contribution in [0.5, 0.6) is 5.75 Å². The standard InChI is InChI=1S/C64H69F4N15O5/c1-14-47(85)80-34(10)25-78(26-35(80)11)60-39-24-43(68)56(50-41(66)18-16-20-45(50)84)75-62(39)83(64(88)77-60)58-53(32(6)7)72-46(73-54(58)33(8)9)21-22-48(86)81-36(12)27-79(28-37(81)13)59-38-23-42(67)55(49-40(65)17-15-19-44(49)69)74-61(38)82(63(87)76-59)57-51(30(2)3)70-29-71-52(57)31(4)5/h14-24,29-37,84H,1,25-28,69H2,2-13H3/b22-21-/t34-,35+,36-,37+. The fraction of sp³-hybridized carbons (Fsp3) is 0.375. The van der Waals surface area contributed by atoms with Crippen molar-refractivity contribution in [2.75, 3.05) is 41.7 Å². The highest BCUT2D eigenvalue weighted by atomic mass is 19.1. The number of anilines is 3. The zero-order valence-corrected chi connectivity index (χ0v) is 51.0. The summed E-state index contributed by atoms with van der Waals surface area (Å²) < 4.78 is 67.1. The van der Waals surface area contributed by atoms with Crippen molar-refractivity contribution in [3.63, 3.8) is 0 Å². The smallest absolute Gasteiger partial charge is 0.355 e. The number of benzene rings is 2. The van der Waals surface area contributed by atoms with Crippen LogP contribution in [-0.4, -0.2) is 126 Å². The molecule has 2 aromatic carbocycles. The van der Waals surface area contributed by atoms with Gasteiger partial charge in [-0.2, -0.15) is 9.97 Å². The summed E-state index contributed by atoms with van der Waals surface area (Å²) in [5.74, 6) is -6.02. The molecular formula is C64H69F4N15O5. The van der Waals surface area contributed by atoms with E-state index in [0.29, 0.717) is 28.5 Å². The molecule has 8 heterocycles. The number of amides is 2. The van der Waals surface area contributed by atoms with Gasteiger partial charge in [0.2, 0.25) is 11.8 Å². The van der Waals surface area contributed by atoms with Gasteiger partial charge in [-0.1, -0.05) is 74.1 Å². The number of phenolic OH excluding ortho intramolecular Hbond substituents is 1. The largest absolute Gasteiger partial charge is 0.507 e. The molecular weight excluding hydrogens is 1130 g/mol. The number of hydrogen-bond acceptors (Lipinski definition) is 16. The maximum Gasteiger partial charge on any atom is 0.355 e. The van der Waals surface area contributed by atoms with Crippen LogP contribution in [0.2, 0.25) is 0 Å². The van der Waals surface area contributed by atoms with E-state index in [1.54, 1.807) is 19.6 Å². The number of phenols is 1. The summed E-state index contributed by atoms with van der Waals surface area (Å²) >= 11 is 0. The number of fused-ring (bicyclic) bond motifs is 2. The summed E-state index contributed by atoms with van der Waals surface area (Å²) in [5.41, 5.74) is 4.78. The molecule has 0 radical (unpaired) electrons. The minimum absolute atomic E-state index is 0.0381. The Morgan fingerprint density at radius 1 is 0.580 bits per heavy atom. The molecule has 88 heavy (non-hydrogen) atoms. The third-order valence-corrected chi connectivity index (χ3v) is 16.1. The molecule has 3 N–H and O–H groups in total. The minimum Gasteiger partial charge on any atom is -0.507 e. The Hall–Kier alpha value is -9.48. The highest BCUT2D eigenvalue weighted by Crippen LogP contribution is 2.40. The van der Waals surface area contributed by atoms with Crippen LogP contribution in [-0.2, 0) is 9.59 Å². The number of carbonyl (C=O) groups excluding carboxylic acids is 2. The zero-order chi connectivity index (χ0) is 63.6. The minimum atomic E-state index is -1.01. The molecule has 2 saturated heterocycles. The maximum absolute atomic E-state index is 16.7. The zero-order valence-electron chi connectivity index (χ0n) is 51.0. The van der Waals surface area contributed by atoms with Crippen molar-refractivity contribution in [1.82, 2.24) is 58.8 Å². The van der Waals surface area contributed by atoms with E-state index in [4.69, 9.17) is 20.7 Å². The van der Waals surface area contributed by atoms with Gasteiger partial charge in [0.25, 0.3) is 0 Å². The first-order valence-corrected chi connectivity index (χ1v) is 29.2. The molecule has 2 aliphatic rings. The molecule has 0 spiro atoms. The van der Waals surface area contributed by atoms with Gasteiger partial charge >= 0.3 is 11.4 Å². The summed E-state index contributed by atoms with van der Waals surface area (Å²) in [5, 5.41) is 11.1. The van der Waals surface area contributed by atoms with E-state index in [9.17, 15) is 24.3 Å². The van der Waals surface area contributed by atoms with Crippen molar-refractivity contribution in [1.29, 1.82) is 0 Å². The third-order valence-electron chi connectivity index (χ3n) is 16.1. The Labute approximate surface area is 505 Å². The Kier molecular flexibility index (Phi) is 16.8. The Morgan fingerprint density at radius 3 is 1.41 bits per heavy atom. The Balaban J connectivity index is 1.04. The molecule has 0 aliphatic carbocycles. The molecule has 2 amide bonds. The van der Waals surface area contributed by atoms with Crippen LogP contribution in [0.3, 0.4) is 0 Å². The first-order valence-electron chi connectivity index (χ1n) is 29.2. The number of nitrogen functional groups attached to an aromatic ring is 1. The van der Waals surface area contributed by atoms with E-state index in [0.717, 1.165) is 18.2 Å². The van der Waals surface area contributed by atoms with E-state index in [1.165, 1.54) is 64.0 Å². The third kappa shape index (κ3) is 11.0. The summed E-state index contributed by atoms with van der Waals surface area (Å²) in [6, 6.07) is 7.88. The summed E-state index contributed by atoms with van der Waals surface area (Å²) in [7, 11) is 0. The number of rotatable bonds is 13. The first-order chi connectivity index (χ1) is 41.7. The number of nitrogens with zero attached hydrogens (tertiary/aromatic N) is 14. The van der Waals surface area contributed by atoms with Gasteiger partial charge in [0.15, 0.2) is 28.8 Å². The molecule has 0 bridgehead atoms. The van der Waals surface area contributed by atoms with Crippen molar-refractivity contribution >= 4 is 57.3 Å². The molecule has 0 saturated carbocycles. The Bertz CT molecular complexity index is 4180. The lowest BCUT2D eigenvalue weighted by atomic mass is 10.0. The lowest BCUT2D eigenvalue weighted by Gasteiger charge is -2.44. The molecule has 2 aliphatic heterocycles. The highest BCUT2D eigenvalue weighted by Gasteiger charge is 2.38. The molecule has 20 nitrogen and oxygen atoms in total. The monoisotopic (exact) mass is 1200 g/mol. The summed E-state index contributed by atoms with van der Waals surface area (Å²) in [6.45, 7) is 26.6. The summed E-state index contributed by atoms with van der Waals surface area (Å²) in [4.78, 5) is 102. The van der Waals surface area contributed by atoms with Gasteiger partial charge in [0, 0.05) is 62.1 Å². The maximum atomic E-state index is 16.7. The molecule has 8 aromatic rings. The SMILES string of the molecule is C=CC(=O)N1[C@H](C)CN(c2nc(=O)n(-c3c(C(C)C)nc(/C=C\C(=O)N4[C@H](C)CN(c5nc(=O)n(-c6c(C(C)C)ncnc6C(C)C)c6nc(-c7c(N)cccc7F)c(F)cc56)C[C@@H]4C)nc3C(C)C)c3nc(-c4c(O)cccc4F)c(F)cc23)C[C@@H]1C. The van der Waals surface area contributed by atoms with Gasteiger partial charge in [0.05, 0.1) is 56.0 Å². The van der Waals surface area contributed by atoms with Crippen LogP contribution in [0.15, 0.2) is 83.2 Å². The lowest BCUT2D eigenvalue weighted by Crippen LogP contribution is -2.58. The second kappa shape index (κ2) is 24.0. The van der Waals surface area contributed by atoms with Gasteiger partial charge in [-0.15, -0.1) is 0 Å². The van der Waals surface area contributed by atoms with E-state index >= 15 is 17.6 Å². The number of pyridine rings is 2. The predicted molar refractivity (Wildman–Crippen MR) is 330 cm³/mol. The lowest BCUT2D eigenvalue weighted by molar-refractivity contribution is -0.131. The average molecular weight is 1200 g/mol. The average Bonchev–Trinajstić information content (AvgIpc) is 0.777. The van der Waals surface area contributed by atoms with Gasteiger partial charge in [0.1, 0.15) is 46.7 Å². The van der Waals surface area contributed by atoms with Crippen molar-refractivity contribution in [3.05, 3.63) is 146 Å². The van der Waals surface area contributed by atoms with Crippen molar-refractivity contribution in [2.45, 2.75) is 131 Å². The van der Waals surface area contributed by atoms with Crippen molar-refractivity contribution < 1.29 is 32.3 Å². The quantitative estimate of drug-likeness (QED) is 0.0620. The van der Waals surface area contributed by atoms with Crippen LogP contribution < -0.4 is 26.9 Å². The van der Waals surface area contributed by atoms with Crippen LogP contribution in [0, 0.1) is 23.3 Å². The first kappa shape index (κ1) is 61.6. The number of nitrogens with two attached hydrogens (primary N) is 1. The number of aromatic nitrogens is 10. The van der Waals surface area contributed by atoms with E-state index in [1.807, 2.05) is 83.1 Å². The molecule has 6 aromatic heterocycles. The fourth-order valence-electron chi connectivity index (χ4n) is 12.3. The molecule has 458 valence electrons. The topological polar surface area (TPSA) is 240 Å². The van der Waals surface area contributed by atoms with E-state index < -0.39 is 99.3 Å². The second-order valence-electron chi connectivity index (χ2n) is 23.9. The second-order valence-corrected chi connectivity index (χ2v) is 23.9. The molecule has 2 fully saturated rings. The number of halogens is 4. The van der Waals surface area contributed by atoms with Crippen LogP contribution >= 0.6 is 0 Å². The Morgan fingerprint density at radius 2 is 0.989 bits per heavy atom. The number of carbonyl (C=O) groups is 2. The van der Waals surface area contributed by atoms with Gasteiger partial charge in [-0.05, 0) is 99.9 Å². The molecule has 0 unspecified atom stereocenters. The number of aromatic hydroxyl groups is 1. The van der Waals surface area contributed by atoms with Crippen LogP contribution in [0.4, 0.5) is 34.9 Å². The van der Waals surface area contributed by atoms with Crippen LogP contribution in [0.1, 0.15) is 135 Å². The van der Waals surface area contributed by atoms with Gasteiger partial charge in [-0.3, -0.25) is 9.59 Å².